The van der Waals surface area contributed by atoms with Gasteiger partial charge in [-0.1, -0.05) is 56.3 Å². The van der Waals surface area contributed by atoms with Gasteiger partial charge in [0.2, 0.25) is 11.8 Å². The molecule has 2 saturated heterocycles. The van der Waals surface area contributed by atoms with Crippen molar-refractivity contribution >= 4 is 11.8 Å². The number of piperidine rings is 1. The summed E-state index contributed by atoms with van der Waals surface area (Å²) in [6.45, 7) is 11.9. The van der Waals surface area contributed by atoms with Crippen molar-refractivity contribution in [3.8, 4) is 11.3 Å². The van der Waals surface area contributed by atoms with Crippen LogP contribution in [0.25, 0.3) is 11.3 Å². The van der Waals surface area contributed by atoms with E-state index in [9.17, 15) is 14.7 Å². The third kappa shape index (κ3) is 6.39. The molecule has 5 rings (SSSR count). The highest BCUT2D eigenvalue weighted by atomic mass is 16.3. The van der Waals surface area contributed by atoms with E-state index in [1.807, 2.05) is 77.2 Å². The number of pyridine rings is 1. The molecular formula is C32H43N7O3. The number of hydrogen-bond donors (Lipinski definition) is 3. The number of aliphatic hydroxyl groups is 1. The maximum atomic E-state index is 14.1. The Labute approximate surface area is 247 Å². The number of rotatable bonds is 7. The molecule has 0 saturated carbocycles. The fourth-order valence-electron chi connectivity index (χ4n) is 6.18. The van der Waals surface area contributed by atoms with Gasteiger partial charge in [-0.15, -0.1) is 5.10 Å². The maximum Gasteiger partial charge on any atom is 0.248 e. The molecule has 0 unspecified atom stereocenters. The predicted octanol–water partition coefficient (Wildman–Crippen LogP) is 3.54. The van der Waals surface area contributed by atoms with Gasteiger partial charge in [0.15, 0.2) is 0 Å². The summed E-state index contributed by atoms with van der Waals surface area (Å²) in [7, 11) is 0. The number of aromatic nitrogens is 4. The smallest absolute Gasteiger partial charge is 0.248 e. The highest BCUT2D eigenvalue weighted by Crippen LogP contribution is 2.35. The van der Waals surface area contributed by atoms with E-state index in [1.54, 1.807) is 10.9 Å². The number of aliphatic hydroxyl groups excluding tert-OH is 1. The molecule has 0 radical (unpaired) electrons. The van der Waals surface area contributed by atoms with Gasteiger partial charge in [-0.05, 0) is 62.4 Å². The van der Waals surface area contributed by atoms with Crippen LogP contribution in [0.2, 0.25) is 0 Å². The Morgan fingerprint density at radius 3 is 2.50 bits per heavy atom. The van der Waals surface area contributed by atoms with Crippen LogP contribution in [-0.2, 0) is 9.59 Å². The molecule has 2 fully saturated rings. The number of aryl methyl sites for hydroxylation is 1. The minimum atomic E-state index is -0.775. The predicted molar refractivity (Wildman–Crippen MR) is 160 cm³/mol. The van der Waals surface area contributed by atoms with Gasteiger partial charge in [-0.2, -0.15) is 0 Å². The largest absolute Gasteiger partial charge is 0.391 e. The van der Waals surface area contributed by atoms with Crippen molar-refractivity contribution in [2.24, 2.45) is 5.41 Å². The van der Waals surface area contributed by atoms with Gasteiger partial charge in [-0.3, -0.25) is 14.6 Å². The number of likely N-dealkylation sites (tertiary alicyclic amines) is 1. The monoisotopic (exact) mass is 573 g/mol. The summed E-state index contributed by atoms with van der Waals surface area (Å²) < 4.78 is 1.66. The molecule has 4 atom stereocenters. The summed E-state index contributed by atoms with van der Waals surface area (Å²) in [5, 5.41) is 25.9. The van der Waals surface area contributed by atoms with E-state index in [4.69, 9.17) is 0 Å². The van der Waals surface area contributed by atoms with Crippen LogP contribution in [0, 0.1) is 12.3 Å². The molecule has 2 aromatic heterocycles. The van der Waals surface area contributed by atoms with Crippen molar-refractivity contribution in [3.05, 3.63) is 65.6 Å². The summed E-state index contributed by atoms with van der Waals surface area (Å²) in [6, 6.07) is 10.2. The summed E-state index contributed by atoms with van der Waals surface area (Å²) in [5.41, 5.74) is 4.38. The first kappa shape index (κ1) is 29.8. The zero-order valence-electron chi connectivity index (χ0n) is 25.2. The summed E-state index contributed by atoms with van der Waals surface area (Å²) in [5.74, 6) is -0.200. The molecule has 224 valence electrons. The van der Waals surface area contributed by atoms with Crippen molar-refractivity contribution in [3.63, 3.8) is 0 Å². The lowest BCUT2D eigenvalue weighted by atomic mass is 9.85. The Bertz CT molecular complexity index is 1390. The minimum absolute atomic E-state index is 0.103. The van der Waals surface area contributed by atoms with Gasteiger partial charge in [0.25, 0.3) is 0 Å². The SMILES string of the molecule is Cc1cccnc1-c1ccc([C@H](C)NC(=O)[C@@H]2C[C@@H](O)CN2C(=O)[C@@H](n2cc(C3CCNCC3)nn2)C(C)(C)C)cc1. The van der Waals surface area contributed by atoms with E-state index < -0.39 is 23.6 Å². The number of hydrogen-bond acceptors (Lipinski definition) is 7. The van der Waals surface area contributed by atoms with Crippen molar-refractivity contribution in [2.45, 2.75) is 84.0 Å². The molecule has 42 heavy (non-hydrogen) atoms. The summed E-state index contributed by atoms with van der Waals surface area (Å²) >= 11 is 0. The van der Waals surface area contributed by atoms with Crippen LogP contribution in [0.5, 0.6) is 0 Å². The van der Waals surface area contributed by atoms with Crippen LogP contribution in [0.1, 0.15) is 81.8 Å². The first-order chi connectivity index (χ1) is 20.0. The van der Waals surface area contributed by atoms with Gasteiger partial charge < -0.3 is 20.6 Å². The Morgan fingerprint density at radius 2 is 1.83 bits per heavy atom. The van der Waals surface area contributed by atoms with Gasteiger partial charge >= 0.3 is 0 Å². The molecule has 2 amide bonds. The normalized spacial score (nSPS) is 21.2. The van der Waals surface area contributed by atoms with Crippen LogP contribution in [0.4, 0.5) is 0 Å². The lowest BCUT2D eigenvalue weighted by Gasteiger charge is -2.35. The van der Waals surface area contributed by atoms with E-state index in [2.05, 4.69) is 25.9 Å². The Hall–Kier alpha value is -3.63. The number of amides is 2. The number of carbonyl (C=O) groups is 2. The topological polar surface area (TPSA) is 125 Å². The third-order valence-electron chi connectivity index (χ3n) is 8.52. The fourth-order valence-corrected chi connectivity index (χ4v) is 6.18. The molecular weight excluding hydrogens is 530 g/mol. The molecule has 0 spiro atoms. The fraction of sp³-hybridized carbons (Fsp3) is 0.531. The molecule has 4 heterocycles. The Kier molecular flexibility index (Phi) is 8.75. The van der Waals surface area contributed by atoms with Crippen LogP contribution < -0.4 is 10.6 Å². The average Bonchev–Trinajstić information content (AvgIpc) is 3.60. The second-order valence-electron chi connectivity index (χ2n) is 12.8. The lowest BCUT2D eigenvalue weighted by Crippen LogP contribution is -2.50. The molecule has 2 aliphatic rings. The van der Waals surface area contributed by atoms with E-state index in [1.165, 1.54) is 4.90 Å². The molecule has 2 aliphatic heterocycles. The van der Waals surface area contributed by atoms with Gasteiger partial charge in [-0.25, -0.2) is 4.68 Å². The van der Waals surface area contributed by atoms with Gasteiger partial charge in [0.1, 0.15) is 12.1 Å². The summed E-state index contributed by atoms with van der Waals surface area (Å²) in [6.07, 6.45) is 5.06. The van der Waals surface area contributed by atoms with Crippen molar-refractivity contribution in [2.75, 3.05) is 19.6 Å². The number of β-amino-alcohol motifs (C(OH)–C–C–N with tert-alkyl or cyclic N) is 1. The van der Waals surface area contributed by atoms with Crippen molar-refractivity contribution in [1.82, 2.24) is 35.5 Å². The first-order valence-electron chi connectivity index (χ1n) is 15.0. The second kappa shape index (κ2) is 12.3. The van der Waals surface area contributed by atoms with Crippen LogP contribution in [0.15, 0.2) is 48.8 Å². The van der Waals surface area contributed by atoms with E-state index in [-0.39, 0.29) is 30.8 Å². The van der Waals surface area contributed by atoms with E-state index in [0.717, 1.165) is 54.0 Å². The lowest BCUT2D eigenvalue weighted by molar-refractivity contribution is -0.144. The third-order valence-corrected chi connectivity index (χ3v) is 8.52. The first-order valence-corrected chi connectivity index (χ1v) is 15.0. The minimum Gasteiger partial charge on any atom is -0.391 e. The molecule has 0 aliphatic carbocycles. The zero-order valence-corrected chi connectivity index (χ0v) is 25.2. The maximum absolute atomic E-state index is 14.1. The highest BCUT2D eigenvalue weighted by Gasteiger charge is 2.45. The Balaban J connectivity index is 1.31. The number of carbonyl (C=O) groups excluding carboxylic acids is 2. The summed E-state index contributed by atoms with van der Waals surface area (Å²) in [4.78, 5) is 33.7. The molecule has 3 N–H and O–H groups in total. The van der Waals surface area contributed by atoms with E-state index >= 15 is 0 Å². The Morgan fingerprint density at radius 1 is 1.12 bits per heavy atom. The van der Waals surface area contributed by atoms with E-state index in [0.29, 0.717) is 5.92 Å². The zero-order chi connectivity index (χ0) is 30.0. The van der Waals surface area contributed by atoms with Crippen LogP contribution in [0.3, 0.4) is 0 Å². The van der Waals surface area contributed by atoms with Crippen LogP contribution >= 0.6 is 0 Å². The van der Waals surface area contributed by atoms with Crippen molar-refractivity contribution < 1.29 is 14.7 Å². The highest BCUT2D eigenvalue weighted by molar-refractivity contribution is 5.90. The molecule has 10 nitrogen and oxygen atoms in total. The second-order valence-corrected chi connectivity index (χ2v) is 12.8. The van der Waals surface area contributed by atoms with Crippen LogP contribution in [-0.4, -0.2) is 73.6 Å². The molecule has 10 heteroatoms. The van der Waals surface area contributed by atoms with Gasteiger partial charge in [0, 0.05) is 36.8 Å². The number of benzene rings is 1. The standard InChI is InChI=1S/C32H43N7O3/c1-20-7-6-14-34-28(20)24-10-8-22(9-11-24)21(2)35-30(41)27-17-25(40)18-38(27)31(42)29(32(3,4)5)39-19-26(36-37-39)23-12-15-33-16-13-23/h6-11,14,19,21,23,25,27,29,33,40H,12-13,15-18H2,1-5H3,(H,35,41)/t21-,25+,27-,29+/m0/s1. The van der Waals surface area contributed by atoms with Gasteiger partial charge in [0.05, 0.1) is 23.5 Å². The number of nitrogens with zero attached hydrogens (tertiary/aromatic N) is 5. The van der Waals surface area contributed by atoms with Crippen molar-refractivity contribution in [1.29, 1.82) is 0 Å². The molecule has 1 aromatic carbocycles. The quantitative estimate of drug-likeness (QED) is 0.395. The molecule has 0 bridgehead atoms. The number of nitrogens with one attached hydrogen (secondary N) is 2. The molecule has 3 aromatic rings. The average molecular weight is 574 g/mol.